The Labute approximate surface area is 123 Å². The summed E-state index contributed by atoms with van der Waals surface area (Å²) in [6.45, 7) is 0.798. The SMILES string of the molecule is NC1=CC(c2ccc(Cl)o2)N(CCC2=CCCCC2)O1. The van der Waals surface area contributed by atoms with Crippen molar-refractivity contribution in [1.82, 2.24) is 5.06 Å². The second-order valence-electron chi connectivity index (χ2n) is 5.25. The molecule has 1 aromatic rings. The molecule has 1 aliphatic carbocycles. The lowest BCUT2D eigenvalue weighted by Crippen LogP contribution is -2.25. The van der Waals surface area contributed by atoms with Crippen molar-refractivity contribution >= 4 is 11.6 Å². The Balaban J connectivity index is 1.64. The van der Waals surface area contributed by atoms with Gasteiger partial charge in [-0.2, -0.15) is 0 Å². The number of nitrogens with two attached hydrogens (primary N) is 1. The fourth-order valence-electron chi connectivity index (χ4n) is 2.74. The van der Waals surface area contributed by atoms with Gasteiger partial charge in [-0.3, -0.25) is 0 Å². The predicted molar refractivity (Wildman–Crippen MR) is 77.7 cm³/mol. The highest BCUT2D eigenvalue weighted by Gasteiger charge is 2.29. The lowest BCUT2D eigenvalue weighted by atomic mass is 9.97. The Kier molecular flexibility index (Phi) is 4.03. The number of furan rings is 1. The average Bonchev–Trinajstić information content (AvgIpc) is 3.03. The molecule has 2 heterocycles. The largest absolute Gasteiger partial charge is 0.448 e. The molecule has 0 fully saturated rings. The highest BCUT2D eigenvalue weighted by atomic mass is 35.5. The van der Waals surface area contributed by atoms with E-state index in [2.05, 4.69) is 6.08 Å². The Morgan fingerprint density at radius 1 is 1.35 bits per heavy atom. The molecule has 0 saturated heterocycles. The van der Waals surface area contributed by atoms with Crippen molar-refractivity contribution in [3.63, 3.8) is 0 Å². The van der Waals surface area contributed by atoms with Crippen LogP contribution >= 0.6 is 11.6 Å². The Morgan fingerprint density at radius 3 is 2.95 bits per heavy atom. The van der Waals surface area contributed by atoms with Gasteiger partial charge in [-0.05, 0) is 55.8 Å². The zero-order valence-electron chi connectivity index (χ0n) is 11.3. The van der Waals surface area contributed by atoms with Gasteiger partial charge in [0.1, 0.15) is 11.8 Å². The minimum atomic E-state index is -0.0910. The van der Waals surface area contributed by atoms with Gasteiger partial charge in [0.15, 0.2) is 5.22 Å². The van der Waals surface area contributed by atoms with Crippen LogP contribution in [0.5, 0.6) is 0 Å². The molecule has 20 heavy (non-hydrogen) atoms. The Bertz CT molecular complexity index is 536. The van der Waals surface area contributed by atoms with Crippen LogP contribution in [0.3, 0.4) is 0 Å². The monoisotopic (exact) mass is 294 g/mol. The van der Waals surface area contributed by atoms with Crippen LogP contribution in [0, 0.1) is 0 Å². The summed E-state index contributed by atoms with van der Waals surface area (Å²) in [4.78, 5) is 5.57. The van der Waals surface area contributed by atoms with Gasteiger partial charge in [0.25, 0.3) is 0 Å². The molecule has 0 amide bonds. The lowest BCUT2D eigenvalue weighted by Gasteiger charge is -2.22. The summed E-state index contributed by atoms with van der Waals surface area (Å²) >= 11 is 5.83. The van der Waals surface area contributed by atoms with Crippen molar-refractivity contribution in [1.29, 1.82) is 0 Å². The minimum Gasteiger partial charge on any atom is -0.448 e. The molecule has 0 spiro atoms. The van der Waals surface area contributed by atoms with Crippen LogP contribution < -0.4 is 5.73 Å². The van der Waals surface area contributed by atoms with Crippen LogP contribution in [0.1, 0.15) is 43.9 Å². The molecule has 1 atom stereocenters. The molecule has 0 bridgehead atoms. The number of hydrogen-bond acceptors (Lipinski definition) is 4. The van der Waals surface area contributed by atoms with Crippen LogP contribution in [-0.4, -0.2) is 11.6 Å². The minimum absolute atomic E-state index is 0.0910. The van der Waals surface area contributed by atoms with E-state index >= 15 is 0 Å². The number of halogens is 1. The predicted octanol–water partition coefficient (Wildman–Crippen LogP) is 3.91. The van der Waals surface area contributed by atoms with Crippen molar-refractivity contribution in [2.75, 3.05) is 6.54 Å². The topological polar surface area (TPSA) is 51.6 Å². The molecule has 4 nitrogen and oxygen atoms in total. The van der Waals surface area contributed by atoms with Crippen LogP contribution in [-0.2, 0) is 4.84 Å². The van der Waals surface area contributed by atoms with Crippen LogP contribution in [0.15, 0.2) is 40.2 Å². The van der Waals surface area contributed by atoms with E-state index in [0.717, 1.165) is 18.7 Å². The normalized spacial score (nSPS) is 23.4. The van der Waals surface area contributed by atoms with E-state index in [0.29, 0.717) is 11.1 Å². The van der Waals surface area contributed by atoms with Crippen molar-refractivity contribution in [2.24, 2.45) is 5.73 Å². The van der Waals surface area contributed by atoms with Gasteiger partial charge in [-0.25, -0.2) is 0 Å². The maximum absolute atomic E-state index is 5.83. The lowest BCUT2D eigenvalue weighted by molar-refractivity contribution is -0.122. The summed E-state index contributed by atoms with van der Waals surface area (Å²) in [6.07, 6.45) is 10.2. The van der Waals surface area contributed by atoms with E-state index in [4.69, 9.17) is 26.6 Å². The first-order chi connectivity index (χ1) is 9.72. The number of hydrogen-bond donors (Lipinski definition) is 1. The van der Waals surface area contributed by atoms with Gasteiger partial charge in [0, 0.05) is 12.6 Å². The number of rotatable bonds is 4. The van der Waals surface area contributed by atoms with Gasteiger partial charge < -0.3 is 15.0 Å². The molecule has 1 unspecified atom stereocenters. The van der Waals surface area contributed by atoms with Crippen molar-refractivity contribution in [3.8, 4) is 0 Å². The van der Waals surface area contributed by atoms with E-state index < -0.39 is 0 Å². The summed E-state index contributed by atoms with van der Waals surface area (Å²) in [6, 6.07) is 3.51. The van der Waals surface area contributed by atoms with E-state index in [-0.39, 0.29) is 6.04 Å². The summed E-state index contributed by atoms with van der Waals surface area (Å²) in [5.74, 6) is 1.17. The molecule has 0 saturated carbocycles. The second kappa shape index (κ2) is 5.94. The van der Waals surface area contributed by atoms with Gasteiger partial charge in [-0.1, -0.05) is 11.6 Å². The first-order valence-corrected chi connectivity index (χ1v) is 7.45. The number of hydroxylamine groups is 2. The third kappa shape index (κ3) is 3.02. The second-order valence-corrected chi connectivity index (χ2v) is 5.62. The van der Waals surface area contributed by atoms with Gasteiger partial charge in [0.2, 0.25) is 5.88 Å². The van der Waals surface area contributed by atoms with E-state index in [1.165, 1.54) is 31.3 Å². The molecule has 0 aromatic carbocycles. The smallest absolute Gasteiger partial charge is 0.207 e. The standard InChI is InChI=1S/C15H19ClN2O2/c16-14-7-6-13(19-14)12-10-15(17)20-18(12)9-8-11-4-2-1-3-5-11/h4,6-7,10,12H,1-3,5,8-9,17H2. The van der Waals surface area contributed by atoms with E-state index in [1.807, 2.05) is 17.2 Å². The summed E-state index contributed by atoms with van der Waals surface area (Å²) in [7, 11) is 0. The first-order valence-electron chi connectivity index (χ1n) is 7.07. The quantitative estimate of drug-likeness (QED) is 0.855. The van der Waals surface area contributed by atoms with Crippen molar-refractivity contribution in [3.05, 3.63) is 46.7 Å². The maximum atomic E-state index is 5.83. The molecule has 1 aromatic heterocycles. The summed E-state index contributed by atoms with van der Waals surface area (Å²) in [5.41, 5.74) is 7.29. The highest BCUT2D eigenvalue weighted by molar-refractivity contribution is 6.28. The van der Waals surface area contributed by atoms with Crippen molar-refractivity contribution in [2.45, 2.75) is 38.1 Å². The Hall–Kier alpha value is -1.39. The van der Waals surface area contributed by atoms with Crippen LogP contribution in [0.4, 0.5) is 0 Å². The molecule has 5 heteroatoms. The molecule has 3 rings (SSSR count). The third-order valence-corrected chi connectivity index (χ3v) is 3.98. The Morgan fingerprint density at radius 2 is 2.25 bits per heavy atom. The van der Waals surface area contributed by atoms with E-state index in [9.17, 15) is 0 Å². The summed E-state index contributed by atoms with van der Waals surface area (Å²) in [5, 5.41) is 2.24. The highest BCUT2D eigenvalue weighted by Crippen LogP contribution is 2.32. The van der Waals surface area contributed by atoms with Gasteiger partial charge in [-0.15, -0.1) is 5.06 Å². The van der Waals surface area contributed by atoms with Crippen molar-refractivity contribution < 1.29 is 9.25 Å². The fourth-order valence-corrected chi connectivity index (χ4v) is 2.89. The first kappa shape index (κ1) is 13.6. The molecule has 2 aliphatic rings. The maximum Gasteiger partial charge on any atom is 0.207 e. The molecular weight excluding hydrogens is 276 g/mol. The number of nitrogens with zero attached hydrogens (tertiary/aromatic N) is 1. The molecular formula is C15H19ClN2O2. The zero-order valence-corrected chi connectivity index (χ0v) is 12.1. The number of allylic oxidation sites excluding steroid dienone is 1. The molecule has 2 N–H and O–H groups in total. The summed E-state index contributed by atoms with van der Waals surface area (Å²) < 4.78 is 5.47. The molecule has 0 radical (unpaired) electrons. The van der Waals surface area contributed by atoms with E-state index in [1.54, 1.807) is 6.07 Å². The zero-order chi connectivity index (χ0) is 13.9. The van der Waals surface area contributed by atoms with Crippen LogP contribution in [0.25, 0.3) is 0 Å². The molecule has 108 valence electrons. The third-order valence-electron chi connectivity index (χ3n) is 3.78. The fraction of sp³-hybridized carbons (Fsp3) is 0.467. The van der Waals surface area contributed by atoms with Crippen LogP contribution in [0.2, 0.25) is 5.22 Å². The average molecular weight is 295 g/mol. The van der Waals surface area contributed by atoms with Gasteiger partial charge >= 0.3 is 0 Å². The van der Waals surface area contributed by atoms with Gasteiger partial charge in [0.05, 0.1) is 0 Å². The molecule has 1 aliphatic heterocycles.